The molecular formula is C12H14FN. The molecule has 0 amide bonds. The number of hydrogen-bond donors (Lipinski definition) is 1. The van der Waals surface area contributed by atoms with Crippen LogP contribution in [0.15, 0.2) is 24.3 Å². The first-order valence-electron chi connectivity index (χ1n) is 5.28. The first kappa shape index (κ1) is 8.42. The predicted octanol–water partition coefficient (Wildman–Crippen LogP) is 2.44. The van der Waals surface area contributed by atoms with Crippen molar-refractivity contribution in [1.29, 1.82) is 0 Å². The van der Waals surface area contributed by atoms with Crippen LogP contribution < -0.4 is 5.32 Å². The minimum Gasteiger partial charge on any atom is -0.311 e. The van der Waals surface area contributed by atoms with Gasteiger partial charge in [-0.15, -0.1) is 0 Å². The molecule has 1 atom stereocenters. The van der Waals surface area contributed by atoms with Gasteiger partial charge in [0.05, 0.1) is 0 Å². The smallest absolute Gasteiger partial charge is 0.123 e. The van der Waals surface area contributed by atoms with Crippen LogP contribution in [0.3, 0.4) is 0 Å². The number of rotatable bonds is 1. The summed E-state index contributed by atoms with van der Waals surface area (Å²) in [4.78, 5) is 0. The summed E-state index contributed by atoms with van der Waals surface area (Å²) in [5.74, 6) is 0.410. The van der Waals surface area contributed by atoms with Crippen LogP contribution >= 0.6 is 0 Å². The summed E-state index contributed by atoms with van der Waals surface area (Å²) >= 11 is 0. The molecule has 1 nitrogen and oxygen atoms in total. The molecule has 1 aliphatic heterocycles. The molecule has 1 saturated carbocycles. The Bertz CT molecular complexity index is 357. The third kappa shape index (κ3) is 1.34. The molecule has 74 valence electrons. The summed E-state index contributed by atoms with van der Waals surface area (Å²) in [6.07, 6.45) is 3.80. The molecule has 1 saturated heterocycles. The summed E-state index contributed by atoms with van der Waals surface area (Å²) in [7, 11) is 0. The maximum absolute atomic E-state index is 13.0. The summed E-state index contributed by atoms with van der Waals surface area (Å²) < 4.78 is 13.0. The van der Waals surface area contributed by atoms with Crippen molar-refractivity contribution in [2.75, 3.05) is 6.54 Å². The molecule has 0 bridgehead atoms. The van der Waals surface area contributed by atoms with Crippen molar-refractivity contribution >= 4 is 0 Å². The van der Waals surface area contributed by atoms with Crippen LogP contribution in [-0.4, -0.2) is 12.1 Å². The molecule has 1 aromatic rings. The van der Waals surface area contributed by atoms with Gasteiger partial charge in [-0.05, 0) is 42.9 Å². The molecule has 1 heterocycles. The Kier molecular flexibility index (Phi) is 1.68. The van der Waals surface area contributed by atoms with Gasteiger partial charge in [0.2, 0.25) is 0 Å². The second-order valence-electron chi connectivity index (χ2n) is 4.62. The molecule has 2 aliphatic rings. The SMILES string of the molecule is Fc1cccc(C2CNC3(CC3)C2)c1. The van der Waals surface area contributed by atoms with Crippen molar-refractivity contribution in [1.82, 2.24) is 5.32 Å². The highest BCUT2D eigenvalue weighted by Gasteiger charge is 2.48. The third-order valence-corrected chi connectivity index (χ3v) is 3.53. The van der Waals surface area contributed by atoms with Crippen molar-refractivity contribution in [3.8, 4) is 0 Å². The molecule has 2 heteroatoms. The van der Waals surface area contributed by atoms with Crippen LogP contribution in [-0.2, 0) is 0 Å². The van der Waals surface area contributed by atoms with Crippen LogP contribution in [0.4, 0.5) is 4.39 Å². The molecule has 2 fully saturated rings. The predicted molar refractivity (Wildman–Crippen MR) is 53.7 cm³/mol. The van der Waals surface area contributed by atoms with Crippen molar-refractivity contribution in [3.05, 3.63) is 35.6 Å². The Hall–Kier alpha value is -0.890. The molecule has 1 N–H and O–H groups in total. The topological polar surface area (TPSA) is 12.0 Å². The molecule has 0 radical (unpaired) electrons. The highest BCUT2D eigenvalue weighted by atomic mass is 19.1. The van der Waals surface area contributed by atoms with Gasteiger partial charge in [-0.2, -0.15) is 0 Å². The fourth-order valence-corrected chi connectivity index (χ4v) is 2.48. The van der Waals surface area contributed by atoms with E-state index in [9.17, 15) is 4.39 Å². The van der Waals surface area contributed by atoms with Crippen LogP contribution in [0, 0.1) is 5.82 Å². The zero-order valence-electron chi connectivity index (χ0n) is 8.09. The maximum atomic E-state index is 13.0. The van der Waals surface area contributed by atoms with Gasteiger partial charge in [-0.25, -0.2) is 4.39 Å². The van der Waals surface area contributed by atoms with Crippen LogP contribution in [0.1, 0.15) is 30.7 Å². The first-order valence-corrected chi connectivity index (χ1v) is 5.28. The Labute approximate surface area is 83.3 Å². The zero-order valence-corrected chi connectivity index (χ0v) is 8.09. The first-order chi connectivity index (χ1) is 6.77. The normalized spacial score (nSPS) is 28.2. The highest BCUT2D eigenvalue weighted by Crippen LogP contribution is 2.47. The van der Waals surface area contributed by atoms with Crippen molar-refractivity contribution in [3.63, 3.8) is 0 Å². The Morgan fingerprint density at radius 3 is 2.86 bits per heavy atom. The van der Waals surface area contributed by atoms with Crippen LogP contribution in [0.25, 0.3) is 0 Å². The monoisotopic (exact) mass is 191 g/mol. The second-order valence-corrected chi connectivity index (χ2v) is 4.62. The molecule has 3 rings (SSSR count). The molecule has 1 unspecified atom stereocenters. The Morgan fingerprint density at radius 1 is 1.36 bits per heavy atom. The lowest BCUT2D eigenvalue weighted by Crippen LogP contribution is -2.22. The third-order valence-electron chi connectivity index (χ3n) is 3.53. The van der Waals surface area contributed by atoms with Gasteiger partial charge in [0.1, 0.15) is 5.82 Å². The maximum Gasteiger partial charge on any atom is 0.123 e. The van der Waals surface area contributed by atoms with E-state index < -0.39 is 0 Å². The number of benzene rings is 1. The van der Waals surface area contributed by atoms with E-state index in [4.69, 9.17) is 0 Å². The van der Waals surface area contributed by atoms with Crippen molar-refractivity contribution in [2.24, 2.45) is 0 Å². The van der Waals surface area contributed by atoms with E-state index >= 15 is 0 Å². The Morgan fingerprint density at radius 2 is 2.21 bits per heavy atom. The lowest BCUT2D eigenvalue weighted by molar-refractivity contribution is 0.592. The fraction of sp³-hybridized carbons (Fsp3) is 0.500. The second kappa shape index (κ2) is 2.80. The molecule has 0 aromatic heterocycles. The van der Waals surface area contributed by atoms with E-state index in [-0.39, 0.29) is 5.82 Å². The minimum absolute atomic E-state index is 0.112. The van der Waals surface area contributed by atoms with E-state index in [1.165, 1.54) is 25.3 Å². The lowest BCUT2D eigenvalue weighted by atomic mass is 9.95. The minimum atomic E-state index is -0.112. The van der Waals surface area contributed by atoms with Gasteiger partial charge in [-0.1, -0.05) is 12.1 Å². The number of hydrogen-bond acceptors (Lipinski definition) is 1. The summed E-state index contributed by atoms with van der Waals surface area (Å²) in [5.41, 5.74) is 1.60. The average Bonchev–Trinajstić information content (AvgIpc) is 2.76. The standard InChI is InChI=1S/C12H14FN/c13-11-3-1-2-9(6-11)10-7-12(4-5-12)14-8-10/h1-3,6,10,14H,4-5,7-8H2. The Balaban J connectivity index is 1.82. The van der Waals surface area contributed by atoms with E-state index in [1.54, 1.807) is 6.07 Å². The fourth-order valence-electron chi connectivity index (χ4n) is 2.48. The molecule has 14 heavy (non-hydrogen) atoms. The average molecular weight is 191 g/mol. The van der Waals surface area contributed by atoms with Gasteiger partial charge >= 0.3 is 0 Å². The highest BCUT2D eigenvalue weighted by molar-refractivity contribution is 5.25. The van der Waals surface area contributed by atoms with E-state index in [2.05, 4.69) is 5.32 Å². The van der Waals surface area contributed by atoms with Crippen LogP contribution in [0.2, 0.25) is 0 Å². The quantitative estimate of drug-likeness (QED) is 0.719. The van der Waals surface area contributed by atoms with E-state index in [0.717, 1.165) is 12.1 Å². The van der Waals surface area contributed by atoms with Crippen molar-refractivity contribution in [2.45, 2.75) is 30.7 Å². The zero-order chi connectivity index (χ0) is 9.60. The molecule has 1 aromatic carbocycles. The van der Waals surface area contributed by atoms with Gasteiger partial charge in [0.25, 0.3) is 0 Å². The van der Waals surface area contributed by atoms with Gasteiger partial charge < -0.3 is 5.32 Å². The lowest BCUT2D eigenvalue weighted by Gasteiger charge is -2.08. The van der Waals surface area contributed by atoms with Crippen molar-refractivity contribution < 1.29 is 4.39 Å². The van der Waals surface area contributed by atoms with Crippen LogP contribution in [0.5, 0.6) is 0 Å². The van der Waals surface area contributed by atoms with E-state index in [0.29, 0.717) is 11.5 Å². The summed E-state index contributed by atoms with van der Waals surface area (Å²) in [6.45, 7) is 1.02. The largest absolute Gasteiger partial charge is 0.311 e. The molecule has 1 spiro atoms. The number of nitrogens with one attached hydrogen (secondary N) is 1. The molecule has 1 aliphatic carbocycles. The summed E-state index contributed by atoms with van der Waals surface area (Å²) in [5, 5.41) is 3.55. The van der Waals surface area contributed by atoms with Gasteiger partial charge in [0.15, 0.2) is 0 Å². The van der Waals surface area contributed by atoms with Gasteiger partial charge in [-0.3, -0.25) is 0 Å². The van der Waals surface area contributed by atoms with E-state index in [1.807, 2.05) is 12.1 Å². The summed E-state index contributed by atoms with van der Waals surface area (Å²) in [6, 6.07) is 7.03. The molecular weight excluding hydrogens is 177 g/mol. The van der Waals surface area contributed by atoms with Gasteiger partial charge in [0, 0.05) is 12.1 Å². The number of halogens is 1.